The molecule has 0 aliphatic carbocycles. The van der Waals surface area contributed by atoms with Gasteiger partial charge in [0.25, 0.3) is 0 Å². The van der Waals surface area contributed by atoms with Crippen molar-refractivity contribution in [2.75, 3.05) is 13.1 Å². The average molecular weight is 219 g/mol. The Morgan fingerprint density at radius 3 is 2.79 bits per heavy atom. The van der Waals surface area contributed by atoms with Crippen molar-refractivity contribution in [1.82, 2.24) is 4.31 Å². The monoisotopic (exact) mass is 219 g/mol. The zero-order chi connectivity index (χ0) is 10.8. The molecular weight excluding hydrogens is 202 g/mol. The van der Waals surface area contributed by atoms with Crippen LogP contribution in [0, 0.1) is 5.92 Å². The van der Waals surface area contributed by atoms with Gasteiger partial charge in [0.05, 0.1) is 6.10 Å². The molecule has 0 spiro atoms. The van der Waals surface area contributed by atoms with Crippen LogP contribution in [-0.4, -0.2) is 37.0 Å². The molecule has 0 saturated carbocycles. The van der Waals surface area contributed by atoms with Gasteiger partial charge in [0, 0.05) is 18.5 Å². The van der Waals surface area contributed by atoms with Crippen LogP contribution in [0.4, 0.5) is 0 Å². The minimum atomic E-state index is -3.31. The Morgan fingerprint density at radius 1 is 1.57 bits per heavy atom. The maximum absolute atomic E-state index is 11.5. The highest BCUT2D eigenvalue weighted by Crippen LogP contribution is 2.19. The quantitative estimate of drug-likeness (QED) is 0.738. The van der Waals surface area contributed by atoms with Gasteiger partial charge in [-0.15, -0.1) is 0 Å². The predicted molar refractivity (Wildman–Crippen MR) is 55.1 cm³/mol. The summed E-state index contributed by atoms with van der Waals surface area (Å²) in [5, 5.41) is 10.4. The van der Waals surface area contributed by atoms with Crippen LogP contribution in [0.25, 0.3) is 0 Å². The number of nitrogens with zero attached hydrogens (tertiary/aromatic N) is 1. The van der Waals surface area contributed by atoms with E-state index in [1.54, 1.807) is 0 Å². The molecule has 0 aromatic rings. The molecule has 1 rings (SSSR count). The summed E-state index contributed by atoms with van der Waals surface area (Å²) in [6.45, 7) is 6.10. The Labute approximate surface area is 85.3 Å². The largest absolute Gasteiger partial charge is 0.393 e. The summed E-state index contributed by atoms with van der Waals surface area (Å²) in [6, 6.07) is 0. The van der Waals surface area contributed by atoms with Crippen LogP contribution in [0.15, 0.2) is 12.0 Å². The number of hydrogen-bond acceptors (Lipinski definition) is 3. The van der Waals surface area contributed by atoms with Gasteiger partial charge in [0.15, 0.2) is 0 Å². The molecule has 0 amide bonds. The average Bonchev–Trinajstić information content (AvgIpc) is 2.27. The van der Waals surface area contributed by atoms with E-state index in [0.717, 1.165) is 5.41 Å². The SMILES string of the molecule is C=CS(=O)(=O)N1CCC(O)CC(C)C1. The first kappa shape index (κ1) is 11.7. The molecule has 4 nitrogen and oxygen atoms in total. The molecule has 0 aromatic carbocycles. The topological polar surface area (TPSA) is 57.6 Å². The van der Waals surface area contributed by atoms with Crippen molar-refractivity contribution in [3.05, 3.63) is 12.0 Å². The van der Waals surface area contributed by atoms with Gasteiger partial charge < -0.3 is 5.11 Å². The third-order valence-electron chi connectivity index (χ3n) is 2.47. The Hall–Kier alpha value is -0.390. The first-order valence-corrected chi connectivity index (χ1v) is 6.26. The van der Waals surface area contributed by atoms with Gasteiger partial charge in [-0.1, -0.05) is 13.5 Å². The number of aliphatic hydroxyl groups is 1. The first-order chi connectivity index (χ1) is 6.45. The van der Waals surface area contributed by atoms with Crippen LogP contribution < -0.4 is 0 Å². The molecule has 2 atom stereocenters. The smallest absolute Gasteiger partial charge is 0.235 e. The minimum absolute atomic E-state index is 0.197. The van der Waals surface area contributed by atoms with E-state index in [-0.39, 0.29) is 12.0 Å². The Bertz CT molecular complexity index is 299. The molecule has 5 heteroatoms. The zero-order valence-electron chi connectivity index (χ0n) is 8.39. The van der Waals surface area contributed by atoms with Crippen LogP contribution in [0.2, 0.25) is 0 Å². The van der Waals surface area contributed by atoms with E-state index >= 15 is 0 Å². The second kappa shape index (κ2) is 4.42. The highest BCUT2D eigenvalue weighted by atomic mass is 32.2. The number of hydrogen-bond donors (Lipinski definition) is 1. The second-order valence-corrected chi connectivity index (χ2v) is 5.73. The van der Waals surface area contributed by atoms with Gasteiger partial charge in [-0.3, -0.25) is 0 Å². The van der Waals surface area contributed by atoms with Gasteiger partial charge in [-0.05, 0) is 18.8 Å². The lowest BCUT2D eigenvalue weighted by Crippen LogP contribution is -2.32. The number of rotatable bonds is 2. The van der Waals surface area contributed by atoms with Crippen LogP contribution in [0.5, 0.6) is 0 Å². The van der Waals surface area contributed by atoms with Gasteiger partial charge in [-0.2, -0.15) is 4.31 Å². The first-order valence-electron chi connectivity index (χ1n) is 4.76. The summed E-state index contributed by atoms with van der Waals surface area (Å²) in [5.74, 6) is 0.197. The fourth-order valence-electron chi connectivity index (χ4n) is 1.73. The van der Waals surface area contributed by atoms with Crippen molar-refractivity contribution in [3.8, 4) is 0 Å². The van der Waals surface area contributed by atoms with Gasteiger partial charge in [0.2, 0.25) is 10.0 Å². The molecule has 82 valence electrons. The van der Waals surface area contributed by atoms with E-state index in [1.807, 2.05) is 6.92 Å². The van der Waals surface area contributed by atoms with E-state index in [4.69, 9.17) is 0 Å². The lowest BCUT2D eigenvalue weighted by Gasteiger charge is -2.19. The van der Waals surface area contributed by atoms with Crippen molar-refractivity contribution < 1.29 is 13.5 Å². The molecule has 2 unspecified atom stereocenters. The molecule has 1 fully saturated rings. The maximum atomic E-state index is 11.5. The lowest BCUT2D eigenvalue weighted by molar-refractivity contribution is 0.148. The second-order valence-electron chi connectivity index (χ2n) is 3.85. The van der Waals surface area contributed by atoms with Crippen molar-refractivity contribution in [2.45, 2.75) is 25.9 Å². The summed E-state index contributed by atoms with van der Waals surface area (Å²) in [4.78, 5) is 0. The Kier molecular flexibility index (Phi) is 3.69. The highest BCUT2D eigenvalue weighted by Gasteiger charge is 2.26. The Balaban J connectivity index is 2.77. The zero-order valence-corrected chi connectivity index (χ0v) is 9.20. The Morgan fingerprint density at radius 2 is 2.21 bits per heavy atom. The summed E-state index contributed by atoms with van der Waals surface area (Å²) < 4.78 is 24.4. The molecule has 0 radical (unpaired) electrons. The predicted octanol–water partition coefficient (Wildman–Crippen LogP) is 0.552. The van der Waals surface area contributed by atoms with Crippen LogP contribution in [0.1, 0.15) is 19.8 Å². The van der Waals surface area contributed by atoms with Crippen LogP contribution >= 0.6 is 0 Å². The molecule has 1 aliphatic rings. The van der Waals surface area contributed by atoms with Gasteiger partial charge in [-0.25, -0.2) is 8.42 Å². The molecule has 1 heterocycles. The van der Waals surface area contributed by atoms with Crippen molar-refractivity contribution in [1.29, 1.82) is 0 Å². The fraction of sp³-hybridized carbons (Fsp3) is 0.778. The van der Waals surface area contributed by atoms with E-state index < -0.39 is 10.0 Å². The highest BCUT2D eigenvalue weighted by molar-refractivity contribution is 7.92. The molecule has 1 saturated heterocycles. The van der Waals surface area contributed by atoms with Crippen LogP contribution in [-0.2, 0) is 10.0 Å². The summed E-state index contributed by atoms with van der Waals surface area (Å²) >= 11 is 0. The third kappa shape index (κ3) is 2.80. The fourth-order valence-corrected chi connectivity index (χ4v) is 2.76. The maximum Gasteiger partial charge on any atom is 0.235 e. The minimum Gasteiger partial charge on any atom is -0.393 e. The van der Waals surface area contributed by atoms with Crippen LogP contribution in [0.3, 0.4) is 0 Å². The van der Waals surface area contributed by atoms with E-state index in [2.05, 4.69) is 6.58 Å². The molecule has 1 aliphatic heterocycles. The molecule has 14 heavy (non-hydrogen) atoms. The van der Waals surface area contributed by atoms with E-state index in [9.17, 15) is 13.5 Å². The summed E-state index contributed by atoms with van der Waals surface area (Å²) in [6.07, 6.45) is 0.802. The molecule has 0 bridgehead atoms. The standard InChI is InChI=1S/C9H17NO3S/c1-3-14(12,13)10-5-4-9(11)6-8(2)7-10/h3,8-9,11H,1,4-7H2,2H3. The summed E-state index contributed by atoms with van der Waals surface area (Å²) in [7, 11) is -3.31. The third-order valence-corrected chi connectivity index (χ3v) is 3.94. The number of aliphatic hydroxyl groups excluding tert-OH is 1. The summed E-state index contributed by atoms with van der Waals surface area (Å²) in [5.41, 5.74) is 0. The molecule has 1 N–H and O–H groups in total. The normalized spacial score (nSPS) is 31.0. The number of sulfonamides is 1. The van der Waals surface area contributed by atoms with Crippen molar-refractivity contribution in [3.63, 3.8) is 0 Å². The van der Waals surface area contributed by atoms with Crippen molar-refractivity contribution in [2.24, 2.45) is 5.92 Å². The van der Waals surface area contributed by atoms with E-state index in [1.165, 1.54) is 4.31 Å². The van der Waals surface area contributed by atoms with Gasteiger partial charge >= 0.3 is 0 Å². The molecular formula is C9H17NO3S. The van der Waals surface area contributed by atoms with Crippen molar-refractivity contribution >= 4 is 10.0 Å². The van der Waals surface area contributed by atoms with E-state index in [0.29, 0.717) is 25.9 Å². The van der Waals surface area contributed by atoms with Gasteiger partial charge in [0.1, 0.15) is 0 Å². The molecule has 0 aromatic heterocycles. The lowest BCUT2D eigenvalue weighted by atomic mass is 10.0.